The molecular formula is C21H24F3N5O3. The minimum atomic E-state index is -4.51. The van der Waals surface area contributed by atoms with Crippen molar-refractivity contribution in [1.29, 1.82) is 0 Å². The average Bonchev–Trinajstić information content (AvgIpc) is 3.26. The summed E-state index contributed by atoms with van der Waals surface area (Å²) in [5, 5.41) is 12.6. The van der Waals surface area contributed by atoms with Gasteiger partial charge < -0.3 is 15.5 Å². The molecule has 2 N–H and O–H groups in total. The Hall–Kier alpha value is -3.37. The SMILES string of the molecule is Cc1cc(C2(C)CC(c3ccc(C(=O)NCC(=O)NCC(F)(F)F)c(C)c3)=NO2)n(C)n1. The zero-order valence-electron chi connectivity index (χ0n) is 18.1. The number of alkyl halides is 3. The van der Waals surface area contributed by atoms with Crippen LogP contribution in [0.1, 0.15) is 46.2 Å². The summed E-state index contributed by atoms with van der Waals surface area (Å²) in [5.74, 6) is -1.48. The summed E-state index contributed by atoms with van der Waals surface area (Å²) in [6.45, 7) is 3.55. The highest BCUT2D eigenvalue weighted by molar-refractivity contribution is 6.03. The molecule has 1 aromatic carbocycles. The summed E-state index contributed by atoms with van der Waals surface area (Å²) in [6.07, 6.45) is -4.00. The van der Waals surface area contributed by atoms with Crippen LogP contribution in [0.4, 0.5) is 13.2 Å². The van der Waals surface area contributed by atoms with Crippen LogP contribution in [-0.4, -0.2) is 46.6 Å². The van der Waals surface area contributed by atoms with Crippen LogP contribution >= 0.6 is 0 Å². The van der Waals surface area contributed by atoms with E-state index in [4.69, 9.17) is 4.84 Å². The van der Waals surface area contributed by atoms with Gasteiger partial charge in [0.05, 0.1) is 23.6 Å². The van der Waals surface area contributed by atoms with Gasteiger partial charge in [0.25, 0.3) is 5.91 Å². The Labute approximate surface area is 182 Å². The van der Waals surface area contributed by atoms with Gasteiger partial charge in [-0.25, -0.2) is 0 Å². The molecule has 1 atom stereocenters. The van der Waals surface area contributed by atoms with Gasteiger partial charge in [-0.05, 0) is 50.1 Å². The van der Waals surface area contributed by atoms with Gasteiger partial charge in [-0.1, -0.05) is 11.2 Å². The highest BCUT2D eigenvalue weighted by atomic mass is 19.4. The summed E-state index contributed by atoms with van der Waals surface area (Å²) < 4.78 is 38.2. The van der Waals surface area contributed by atoms with Gasteiger partial charge in [-0.2, -0.15) is 18.3 Å². The van der Waals surface area contributed by atoms with Crippen molar-refractivity contribution < 1.29 is 27.6 Å². The number of aromatic nitrogens is 2. The Morgan fingerprint density at radius 3 is 2.53 bits per heavy atom. The molecule has 8 nitrogen and oxygen atoms in total. The van der Waals surface area contributed by atoms with Crippen molar-refractivity contribution in [3.8, 4) is 0 Å². The molecule has 2 heterocycles. The molecule has 172 valence electrons. The van der Waals surface area contributed by atoms with Crippen LogP contribution in [-0.2, 0) is 22.3 Å². The smallest absolute Gasteiger partial charge is 0.382 e. The minimum absolute atomic E-state index is 0.307. The maximum Gasteiger partial charge on any atom is 0.405 e. The van der Waals surface area contributed by atoms with Crippen LogP contribution in [0, 0.1) is 13.8 Å². The lowest BCUT2D eigenvalue weighted by Crippen LogP contribution is -2.41. The zero-order chi connectivity index (χ0) is 23.7. The quantitative estimate of drug-likeness (QED) is 0.705. The van der Waals surface area contributed by atoms with E-state index in [9.17, 15) is 22.8 Å². The second kappa shape index (κ2) is 8.64. The number of halogens is 3. The number of oxime groups is 1. The first-order chi connectivity index (χ1) is 14.9. The minimum Gasteiger partial charge on any atom is -0.382 e. The topological polar surface area (TPSA) is 97.6 Å². The third kappa shape index (κ3) is 5.27. The van der Waals surface area contributed by atoms with E-state index in [1.807, 2.05) is 27.0 Å². The number of hydrogen-bond donors (Lipinski definition) is 2. The van der Waals surface area contributed by atoms with Crippen molar-refractivity contribution in [3.05, 3.63) is 52.3 Å². The largest absolute Gasteiger partial charge is 0.405 e. The molecule has 3 rings (SSSR count). The lowest BCUT2D eigenvalue weighted by atomic mass is 9.91. The molecule has 0 saturated heterocycles. The third-order valence-electron chi connectivity index (χ3n) is 5.11. The number of rotatable bonds is 6. The van der Waals surface area contributed by atoms with Crippen LogP contribution in [0.25, 0.3) is 0 Å². The molecule has 2 amide bonds. The molecule has 1 aromatic heterocycles. The van der Waals surface area contributed by atoms with Crippen molar-refractivity contribution in [1.82, 2.24) is 20.4 Å². The van der Waals surface area contributed by atoms with Gasteiger partial charge in [-0.3, -0.25) is 14.3 Å². The Morgan fingerprint density at radius 2 is 1.94 bits per heavy atom. The molecule has 0 radical (unpaired) electrons. The fourth-order valence-corrected chi connectivity index (χ4v) is 3.55. The highest BCUT2D eigenvalue weighted by Crippen LogP contribution is 2.36. The first-order valence-electron chi connectivity index (χ1n) is 9.87. The molecule has 1 aliphatic heterocycles. The van der Waals surface area contributed by atoms with E-state index < -0.39 is 36.7 Å². The maximum atomic E-state index is 12.4. The number of nitrogens with one attached hydrogen (secondary N) is 2. The van der Waals surface area contributed by atoms with E-state index >= 15 is 0 Å². The van der Waals surface area contributed by atoms with Gasteiger partial charge >= 0.3 is 6.18 Å². The van der Waals surface area contributed by atoms with Crippen molar-refractivity contribution in [2.45, 2.75) is 39.0 Å². The molecule has 0 fully saturated rings. The molecule has 1 aliphatic rings. The Kier molecular flexibility index (Phi) is 6.29. The van der Waals surface area contributed by atoms with Crippen LogP contribution in [0.15, 0.2) is 29.4 Å². The number of hydrogen-bond acceptors (Lipinski definition) is 5. The van der Waals surface area contributed by atoms with E-state index in [1.165, 1.54) is 0 Å². The number of carbonyl (C=O) groups is 2. The molecule has 2 aromatic rings. The fourth-order valence-electron chi connectivity index (χ4n) is 3.55. The van der Waals surface area contributed by atoms with Crippen LogP contribution in [0.5, 0.6) is 0 Å². The number of aryl methyl sites for hydroxylation is 3. The maximum absolute atomic E-state index is 12.4. The zero-order valence-corrected chi connectivity index (χ0v) is 18.1. The summed E-state index contributed by atoms with van der Waals surface area (Å²) in [4.78, 5) is 29.6. The van der Waals surface area contributed by atoms with Crippen LogP contribution in [0.2, 0.25) is 0 Å². The van der Waals surface area contributed by atoms with Crippen molar-refractivity contribution in [2.75, 3.05) is 13.1 Å². The Balaban J connectivity index is 1.63. The Bertz CT molecular complexity index is 1080. The summed E-state index contributed by atoms with van der Waals surface area (Å²) in [5.41, 5.74) is 3.53. The van der Waals surface area contributed by atoms with Gasteiger partial charge in [0.15, 0.2) is 5.60 Å². The van der Waals surface area contributed by atoms with Gasteiger partial charge in [0, 0.05) is 19.0 Å². The molecule has 0 spiro atoms. The predicted octanol–water partition coefficient (Wildman–Crippen LogP) is 2.49. The molecule has 0 bridgehead atoms. The number of amides is 2. The summed E-state index contributed by atoms with van der Waals surface area (Å²) >= 11 is 0. The summed E-state index contributed by atoms with van der Waals surface area (Å²) in [7, 11) is 1.84. The van der Waals surface area contributed by atoms with E-state index in [0.29, 0.717) is 23.3 Å². The van der Waals surface area contributed by atoms with Gasteiger partial charge in [0.2, 0.25) is 5.91 Å². The summed E-state index contributed by atoms with van der Waals surface area (Å²) in [6, 6.07) is 7.02. The normalized spacial score (nSPS) is 18.2. The standard InChI is InChI=1S/C21H24F3N5O3/c1-12-7-14(16-9-20(3,32-28-16)17-8-13(2)27-29(17)4)5-6-15(12)19(31)25-10-18(30)26-11-21(22,23)24/h5-8H,9-11H2,1-4H3,(H,25,31)(H,26,30). The lowest BCUT2D eigenvalue weighted by Gasteiger charge is -2.21. The van der Waals surface area contributed by atoms with E-state index in [-0.39, 0.29) is 0 Å². The molecule has 11 heteroatoms. The van der Waals surface area contributed by atoms with E-state index in [2.05, 4.69) is 15.6 Å². The third-order valence-corrected chi connectivity index (χ3v) is 5.11. The monoisotopic (exact) mass is 451 g/mol. The first kappa shape index (κ1) is 23.3. The lowest BCUT2D eigenvalue weighted by molar-refractivity contribution is -0.137. The van der Waals surface area contributed by atoms with Crippen LogP contribution in [0.3, 0.4) is 0 Å². The van der Waals surface area contributed by atoms with Crippen molar-refractivity contribution in [2.24, 2.45) is 12.2 Å². The van der Waals surface area contributed by atoms with Crippen molar-refractivity contribution >= 4 is 17.5 Å². The predicted molar refractivity (Wildman–Crippen MR) is 110 cm³/mol. The molecule has 0 saturated carbocycles. The van der Waals surface area contributed by atoms with Gasteiger partial charge in [0.1, 0.15) is 6.54 Å². The van der Waals surface area contributed by atoms with E-state index in [1.54, 1.807) is 35.1 Å². The van der Waals surface area contributed by atoms with E-state index in [0.717, 1.165) is 17.0 Å². The average molecular weight is 451 g/mol. The fraction of sp³-hybridized carbons (Fsp3) is 0.429. The molecule has 1 unspecified atom stereocenters. The van der Waals surface area contributed by atoms with Crippen LogP contribution < -0.4 is 10.6 Å². The number of benzene rings is 1. The Morgan fingerprint density at radius 1 is 1.22 bits per heavy atom. The first-order valence-corrected chi connectivity index (χ1v) is 9.87. The van der Waals surface area contributed by atoms with Gasteiger partial charge in [-0.15, -0.1) is 0 Å². The molecule has 32 heavy (non-hydrogen) atoms. The highest BCUT2D eigenvalue weighted by Gasteiger charge is 2.39. The second-order valence-corrected chi connectivity index (χ2v) is 7.94. The second-order valence-electron chi connectivity index (χ2n) is 7.94. The number of nitrogens with zero attached hydrogens (tertiary/aromatic N) is 3. The molecule has 0 aliphatic carbocycles. The van der Waals surface area contributed by atoms with Crippen molar-refractivity contribution in [3.63, 3.8) is 0 Å². The number of carbonyl (C=O) groups excluding carboxylic acids is 2. The molecular weight excluding hydrogens is 427 g/mol.